The number of hydrogen-bond donors (Lipinski definition) is 0. The quantitative estimate of drug-likeness (QED) is 0.670. The Bertz CT molecular complexity index is 1160. The van der Waals surface area contributed by atoms with Gasteiger partial charge in [-0.15, -0.1) is 6.42 Å². The Morgan fingerprint density at radius 3 is 2.54 bits per heavy atom. The van der Waals surface area contributed by atoms with Gasteiger partial charge < -0.3 is 4.90 Å². The van der Waals surface area contributed by atoms with Crippen molar-refractivity contribution in [2.75, 3.05) is 11.9 Å². The molecule has 1 aliphatic heterocycles. The molecule has 0 fully saturated rings. The number of aromatic nitrogens is 1. The van der Waals surface area contributed by atoms with Crippen LogP contribution in [0.3, 0.4) is 0 Å². The summed E-state index contributed by atoms with van der Waals surface area (Å²) in [6.45, 7) is -0.00502. The maximum absolute atomic E-state index is 16.2. The van der Waals surface area contributed by atoms with Gasteiger partial charge in [-0.3, -0.25) is 14.2 Å². The average Bonchev–Trinajstić information content (AvgIpc) is 2.86. The molecule has 0 aliphatic carbocycles. The molecule has 1 atom stereocenters. The van der Waals surface area contributed by atoms with Crippen molar-refractivity contribution >= 4 is 22.5 Å². The molecule has 5 heteroatoms. The molecule has 1 aliphatic rings. The van der Waals surface area contributed by atoms with Crippen LogP contribution in [0.25, 0.3) is 10.9 Å². The standard InChI is InChI=1S/C21H15FN2O2/c1-3-12-24-17-10-6-4-8-14(17)13-16(19(24)25)21(22)15-9-5-7-11-18(15)23(2)20(21)26/h1,4-11,13H,12H2,2H3. The maximum atomic E-state index is 16.2. The summed E-state index contributed by atoms with van der Waals surface area (Å²) in [6.07, 6.45) is 5.40. The summed E-state index contributed by atoms with van der Waals surface area (Å²) in [4.78, 5) is 27.1. The maximum Gasteiger partial charge on any atom is 0.274 e. The summed E-state index contributed by atoms with van der Waals surface area (Å²) >= 11 is 0. The van der Waals surface area contributed by atoms with Crippen molar-refractivity contribution in [3.05, 3.63) is 76.1 Å². The lowest BCUT2D eigenvalue weighted by Gasteiger charge is -2.21. The molecule has 4 rings (SSSR count). The van der Waals surface area contributed by atoms with Crippen LogP contribution < -0.4 is 10.5 Å². The van der Waals surface area contributed by atoms with Crippen molar-refractivity contribution in [1.29, 1.82) is 0 Å². The van der Waals surface area contributed by atoms with Crippen molar-refractivity contribution in [2.24, 2.45) is 0 Å². The molecular weight excluding hydrogens is 331 g/mol. The molecule has 2 heterocycles. The molecule has 0 bridgehead atoms. The normalized spacial score (nSPS) is 18.8. The van der Waals surface area contributed by atoms with E-state index in [9.17, 15) is 9.59 Å². The molecule has 26 heavy (non-hydrogen) atoms. The summed E-state index contributed by atoms with van der Waals surface area (Å²) in [6, 6.07) is 15.1. The summed E-state index contributed by atoms with van der Waals surface area (Å²) < 4.78 is 17.6. The highest BCUT2D eigenvalue weighted by Gasteiger charge is 2.53. The largest absolute Gasteiger partial charge is 0.312 e. The molecular formula is C21H15FN2O2. The van der Waals surface area contributed by atoms with Crippen LogP contribution in [0.2, 0.25) is 0 Å². The third kappa shape index (κ3) is 1.96. The van der Waals surface area contributed by atoms with E-state index in [2.05, 4.69) is 5.92 Å². The first-order chi connectivity index (χ1) is 12.5. The van der Waals surface area contributed by atoms with Gasteiger partial charge >= 0.3 is 0 Å². The Kier molecular flexibility index (Phi) is 3.45. The number of pyridine rings is 1. The highest BCUT2D eigenvalue weighted by Crippen LogP contribution is 2.45. The number of fused-ring (bicyclic) bond motifs is 2. The number of carbonyl (C=O) groups is 1. The SMILES string of the molecule is C#CCn1c(=O)c(C2(F)C(=O)N(C)c3ccccc32)cc2ccccc21. The van der Waals surface area contributed by atoms with Crippen LogP contribution in [0.5, 0.6) is 0 Å². The van der Waals surface area contributed by atoms with Crippen LogP contribution in [0.15, 0.2) is 59.4 Å². The predicted octanol–water partition coefficient (Wildman–Crippen LogP) is 2.82. The second-order valence-electron chi connectivity index (χ2n) is 6.25. The number of benzene rings is 2. The molecule has 0 spiro atoms. The van der Waals surface area contributed by atoms with E-state index in [1.807, 2.05) is 0 Å². The van der Waals surface area contributed by atoms with Gasteiger partial charge in [-0.25, -0.2) is 4.39 Å². The number of alkyl halides is 1. The zero-order valence-corrected chi connectivity index (χ0v) is 14.1. The number of hydrogen-bond acceptors (Lipinski definition) is 2. The van der Waals surface area contributed by atoms with E-state index < -0.39 is 17.1 Å². The molecule has 128 valence electrons. The number of rotatable bonds is 2. The third-order valence-corrected chi connectivity index (χ3v) is 4.86. The van der Waals surface area contributed by atoms with Gasteiger partial charge in [0, 0.05) is 12.6 Å². The summed E-state index contributed by atoms with van der Waals surface area (Å²) in [5.41, 5.74) is -2.11. The predicted molar refractivity (Wildman–Crippen MR) is 98.8 cm³/mol. The lowest BCUT2D eigenvalue weighted by Crippen LogP contribution is -2.41. The van der Waals surface area contributed by atoms with E-state index in [0.717, 1.165) is 0 Å². The molecule has 0 saturated heterocycles. The first-order valence-corrected chi connectivity index (χ1v) is 8.13. The molecule has 1 amide bonds. The Hall–Kier alpha value is -3.39. The zero-order chi connectivity index (χ0) is 18.5. The van der Waals surface area contributed by atoms with Gasteiger partial charge in [0.15, 0.2) is 0 Å². The number of carbonyl (C=O) groups excluding carboxylic acids is 1. The van der Waals surface area contributed by atoms with Crippen LogP contribution in [0, 0.1) is 12.3 Å². The fourth-order valence-corrected chi connectivity index (χ4v) is 3.60. The van der Waals surface area contributed by atoms with Gasteiger partial charge in [-0.05, 0) is 23.6 Å². The Labute approximate surface area is 149 Å². The smallest absolute Gasteiger partial charge is 0.274 e. The topological polar surface area (TPSA) is 42.3 Å². The van der Waals surface area contributed by atoms with Crippen molar-refractivity contribution < 1.29 is 9.18 Å². The van der Waals surface area contributed by atoms with E-state index in [0.29, 0.717) is 16.6 Å². The number of likely N-dealkylation sites (N-methyl/N-ethyl adjacent to an activating group) is 1. The minimum atomic E-state index is -2.54. The van der Waals surface area contributed by atoms with Gasteiger partial charge in [0.1, 0.15) is 0 Å². The van der Waals surface area contributed by atoms with Crippen molar-refractivity contribution in [3.8, 4) is 12.3 Å². The van der Waals surface area contributed by atoms with E-state index in [4.69, 9.17) is 6.42 Å². The van der Waals surface area contributed by atoms with Crippen molar-refractivity contribution in [2.45, 2.75) is 12.2 Å². The minimum Gasteiger partial charge on any atom is -0.312 e. The highest BCUT2D eigenvalue weighted by atomic mass is 19.1. The van der Waals surface area contributed by atoms with Crippen molar-refractivity contribution in [3.63, 3.8) is 0 Å². The first-order valence-electron chi connectivity index (χ1n) is 8.13. The third-order valence-electron chi connectivity index (χ3n) is 4.86. The van der Waals surface area contributed by atoms with E-state index in [-0.39, 0.29) is 17.7 Å². The lowest BCUT2D eigenvalue weighted by molar-refractivity contribution is -0.126. The van der Waals surface area contributed by atoms with Crippen LogP contribution >= 0.6 is 0 Å². The second kappa shape index (κ2) is 5.57. The molecule has 3 aromatic rings. The fraction of sp³-hybridized carbons (Fsp3) is 0.143. The zero-order valence-electron chi connectivity index (χ0n) is 14.1. The van der Waals surface area contributed by atoms with E-state index >= 15 is 4.39 Å². The molecule has 0 radical (unpaired) electrons. The number of halogens is 1. The number of anilines is 1. The van der Waals surface area contributed by atoms with Crippen LogP contribution in [0.4, 0.5) is 10.1 Å². The van der Waals surface area contributed by atoms with E-state index in [1.54, 1.807) is 42.5 Å². The van der Waals surface area contributed by atoms with Gasteiger partial charge in [0.05, 0.1) is 23.3 Å². The lowest BCUT2D eigenvalue weighted by atomic mass is 9.89. The first kappa shape index (κ1) is 16.1. The fourth-order valence-electron chi connectivity index (χ4n) is 3.60. The molecule has 4 nitrogen and oxygen atoms in total. The summed E-state index contributed by atoms with van der Waals surface area (Å²) in [5, 5.41) is 0.647. The number of nitrogens with zero attached hydrogens (tertiary/aromatic N) is 2. The van der Waals surface area contributed by atoms with Gasteiger partial charge in [0.25, 0.3) is 11.5 Å². The monoisotopic (exact) mass is 346 g/mol. The molecule has 0 N–H and O–H groups in total. The van der Waals surface area contributed by atoms with Crippen LogP contribution in [0.1, 0.15) is 11.1 Å². The van der Waals surface area contributed by atoms with Gasteiger partial charge in [-0.2, -0.15) is 0 Å². The Morgan fingerprint density at radius 1 is 1.08 bits per heavy atom. The number of terminal acetylenes is 1. The van der Waals surface area contributed by atoms with E-state index in [1.165, 1.54) is 28.6 Å². The second-order valence-corrected chi connectivity index (χ2v) is 6.25. The van der Waals surface area contributed by atoms with Gasteiger partial charge in [0.2, 0.25) is 5.67 Å². The van der Waals surface area contributed by atoms with Crippen LogP contribution in [-0.2, 0) is 17.0 Å². The summed E-state index contributed by atoms with van der Waals surface area (Å²) in [7, 11) is 1.50. The van der Waals surface area contributed by atoms with Crippen molar-refractivity contribution in [1.82, 2.24) is 4.57 Å². The minimum absolute atomic E-state index is 0.00502. The number of para-hydroxylation sites is 2. The molecule has 0 saturated carbocycles. The average molecular weight is 346 g/mol. The Morgan fingerprint density at radius 2 is 1.77 bits per heavy atom. The highest BCUT2D eigenvalue weighted by molar-refractivity contribution is 6.09. The van der Waals surface area contributed by atoms with Gasteiger partial charge in [-0.1, -0.05) is 42.3 Å². The number of amides is 1. The summed E-state index contributed by atoms with van der Waals surface area (Å²) in [5.74, 6) is 1.65. The molecule has 1 aromatic heterocycles. The molecule has 2 aromatic carbocycles. The Balaban J connectivity index is 2.10. The van der Waals surface area contributed by atoms with Crippen LogP contribution in [-0.4, -0.2) is 17.5 Å². The molecule has 1 unspecified atom stereocenters.